The van der Waals surface area contributed by atoms with Gasteiger partial charge < -0.3 is 14.3 Å². The maximum atomic E-state index is 13.3. The van der Waals surface area contributed by atoms with Crippen LogP contribution in [0.5, 0.6) is 5.75 Å². The molecule has 0 amide bonds. The van der Waals surface area contributed by atoms with E-state index in [0.29, 0.717) is 22.4 Å². The Balaban J connectivity index is 2.05. The molecule has 0 saturated heterocycles. The largest absolute Gasteiger partial charge is 0.497 e. The molecule has 0 bridgehead atoms. The lowest BCUT2D eigenvalue weighted by Crippen LogP contribution is -2.35. The first-order chi connectivity index (χ1) is 13.1. The van der Waals surface area contributed by atoms with Crippen LogP contribution in [0.4, 0.5) is 13.2 Å². The quantitative estimate of drug-likeness (QED) is 0.683. The van der Waals surface area contributed by atoms with Crippen LogP contribution in [-0.2, 0) is 13.5 Å². The van der Waals surface area contributed by atoms with Gasteiger partial charge in [0, 0.05) is 18.0 Å². The Labute approximate surface area is 162 Å². The molecular formula is C19H17ClF3NO4. The molecule has 5 nitrogen and oxygen atoms in total. The van der Waals surface area contributed by atoms with Gasteiger partial charge in [-0.1, -0.05) is 23.7 Å². The van der Waals surface area contributed by atoms with Crippen LogP contribution in [0.1, 0.15) is 17.0 Å². The van der Waals surface area contributed by atoms with E-state index in [1.54, 1.807) is 12.1 Å². The van der Waals surface area contributed by atoms with Gasteiger partial charge >= 0.3 is 11.9 Å². The molecule has 1 aromatic heterocycles. The number of ether oxygens (including phenoxy) is 1. The summed E-state index contributed by atoms with van der Waals surface area (Å²) in [5.41, 5.74) is 1.41. The monoisotopic (exact) mass is 415 g/mol. The van der Waals surface area contributed by atoms with E-state index in [1.807, 2.05) is 0 Å². The Kier molecular flexibility index (Phi) is 5.45. The van der Waals surface area contributed by atoms with Crippen molar-refractivity contribution in [2.24, 2.45) is 7.05 Å². The highest BCUT2D eigenvalue weighted by Crippen LogP contribution is 2.38. The van der Waals surface area contributed by atoms with Crippen molar-refractivity contribution in [3.05, 3.63) is 63.1 Å². The number of benzene rings is 2. The molecular weight excluding hydrogens is 399 g/mol. The van der Waals surface area contributed by atoms with E-state index in [4.69, 9.17) is 20.8 Å². The summed E-state index contributed by atoms with van der Waals surface area (Å²) in [7, 11) is 2.91. The van der Waals surface area contributed by atoms with Gasteiger partial charge in [0.15, 0.2) is 11.7 Å². The number of aromatic nitrogens is 1. The van der Waals surface area contributed by atoms with E-state index in [1.165, 1.54) is 43.0 Å². The van der Waals surface area contributed by atoms with Crippen molar-refractivity contribution in [1.82, 2.24) is 4.57 Å². The van der Waals surface area contributed by atoms with Gasteiger partial charge in [-0.25, -0.2) is 4.79 Å². The average molecular weight is 416 g/mol. The number of hydrogen-bond acceptors (Lipinski definition) is 4. The fourth-order valence-electron chi connectivity index (χ4n) is 3.11. The number of aliphatic hydroxyl groups excluding tert-OH is 1. The number of oxazole rings is 1. The van der Waals surface area contributed by atoms with Crippen LogP contribution in [0.3, 0.4) is 0 Å². The molecule has 150 valence electrons. The number of alkyl halides is 3. The lowest BCUT2D eigenvalue weighted by atomic mass is 9.86. The minimum atomic E-state index is -4.83. The second-order valence-electron chi connectivity index (χ2n) is 6.41. The van der Waals surface area contributed by atoms with Gasteiger partial charge in [0.2, 0.25) is 0 Å². The number of aliphatic hydroxyl groups is 1. The molecule has 0 fully saturated rings. The van der Waals surface area contributed by atoms with Gasteiger partial charge in [-0.2, -0.15) is 13.2 Å². The maximum Gasteiger partial charge on any atom is 0.419 e. The Morgan fingerprint density at radius 3 is 2.57 bits per heavy atom. The zero-order valence-electron chi connectivity index (χ0n) is 15.0. The third-order valence-corrected chi connectivity index (χ3v) is 4.96. The second-order valence-corrected chi connectivity index (χ2v) is 6.82. The predicted molar refractivity (Wildman–Crippen MR) is 98.0 cm³/mol. The molecule has 1 heterocycles. The van der Waals surface area contributed by atoms with Crippen LogP contribution in [0.15, 0.2) is 45.6 Å². The predicted octanol–water partition coefficient (Wildman–Crippen LogP) is 4.04. The van der Waals surface area contributed by atoms with Crippen LogP contribution < -0.4 is 10.5 Å². The number of rotatable bonds is 5. The summed E-state index contributed by atoms with van der Waals surface area (Å²) >= 11 is 6.17. The molecule has 2 aromatic carbocycles. The van der Waals surface area contributed by atoms with Gasteiger partial charge in [-0.05, 0) is 41.8 Å². The molecule has 0 aliphatic heterocycles. The molecule has 0 aliphatic rings. The fourth-order valence-corrected chi connectivity index (χ4v) is 3.42. The molecule has 1 N–H and O–H groups in total. The van der Waals surface area contributed by atoms with Crippen LogP contribution in [0.25, 0.3) is 11.1 Å². The third kappa shape index (κ3) is 3.88. The summed E-state index contributed by atoms with van der Waals surface area (Å²) in [5.74, 6) is -1.53. The Morgan fingerprint density at radius 1 is 1.25 bits per heavy atom. The minimum absolute atomic E-state index is 0.0597. The summed E-state index contributed by atoms with van der Waals surface area (Å²) in [6, 6.07) is 8.93. The number of hydrogen-bond donors (Lipinski definition) is 1. The molecule has 9 heteroatoms. The first-order valence-electron chi connectivity index (χ1n) is 8.28. The summed E-state index contributed by atoms with van der Waals surface area (Å²) < 4.78 is 51.2. The van der Waals surface area contributed by atoms with Crippen molar-refractivity contribution in [2.45, 2.75) is 24.6 Å². The first kappa shape index (κ1) is 20.3. The molecule has 3 rings (SSSR count). The number of methoxy groups -OCH3 is 1. The van der Waals surface area contributed by atoms with Crippen molar-refractivity contribution in [1.29, 1.82) is 0 Å². The Morgan fingerprint density at radius 2 is 1.96 bits per heavy atom. The highest BCUT2D eigenvalue weighted by Gasteiger charge is 2.44. The highest BCUT2D eigenvalue weighted by atomic mass is 35.5. The zero-order chi connectivity index (χ0) is 20.6. The van der Waals surface area contributed by atoms with Crippen LogP contribution in [0.2, 0.25) is 5.02 Å². The number of nitrogens with zero attached hydrogens (tertiary/aromatic N) is 1. The first-order valence-corrected chi connectivity index (χ1v) is 8.66. The Bertz CT molecular complexity index is 1060. The number of aryl methyl sites for hydroxylation is 1. The summed E-state index contributed by atoms with van der Waals surface area (Å²) in [4.78, 5) is 11.6. The maximum absolute atomic E-state index is 13.3. The van der Waals surface area contributed by atoms with Crippen molar-refractivity contribution < 1.29 is 27.4 Å². The number of halogens is 4. The topological polar surface area (TPSA) is 64.6 Å². The van der Waals surface area contributed by atoms with Gasteiger partial charge in [-0.15, -0.1) is 0 Å². The molecule has 3 aromatic rings. The SMILES string of the molecule is COc1ccc(C(Cc2ccc3oc(=O)n(C)c3c2)C(O)C(F)(F)F)c(Cl)c1. The summed E-state index contributed by atoms with van der Waals surface area (Å²) in [6.07, 6.45) is -7.61. The van der Waals surface area contributed by atoms with E-state index in [0.717, 1.165) is 0 Å². The van der Waals surface area contributed by atoms with Gasteiger partial charge in [-0.3, -0.25) is 4.57 Å². The zero-order valence-corrected chi connectivity index (χ0v) is 15.7. The van der Waals surface area contributed by atoms with Gasteiger partial charge in [0.1, 0.15) is 5.75 Å². The molecule has 2 atom stereocenters. The van der Waals surface area contributed by atoms with Crippen LogP contribution in [0, 0.1) is 0 Å². The van der Waals surface area contributed by atoms with E-state index in [9.17, 15) is 23.1 Å². The minimum Gasteiger partial charge on any atom is -0.497 e. The molecule has 2 unspecified atom stereocenters. The van der Waals surface area contributed by atoms with E-state index >= 15 is 0 Å². The van der Waals surface area contributed by atoms with Crippen molar-refractivity contribution >= 4 is 22.7 Å². The van der Waals surface area contributed by atoms with Crippen molar-refractivity contribution in [2.75, 3.05) is 7.11 Å². The standard InChI is InChI=1S/C19H17ClF3NO4/c1-24-15-8-10(3-6-16(15)28-18(24)26)7-13(17(25)19(21,22)23)12-5-4-11(27-2)9-14(12)20/h3-6,8-9,13,17,25H,7H2,1-2H3. The lowest BCUT2D eigenvalue weighted by molar-refractivity contribution is -0.210. The molecule has 28 heavy (non-hydrogen) atoms. The summed E-state index contributed by atoms with van der Waals surface area (Å²) in [5, 5.41) is 10.1. The van der Waals surface area contributed by atoms with Crippen LogP contribution in [-0.4, -0.2) is 29.1 Å². The smallest absolute Gasteiger partial charge is 0.419 e. The number of fused-ring (bicyclic) bond motifs is 1. The fraction of sp³-hybridized carbons (Fsp3) is 0.316. The highest BCUT2D eigenvalue weighted by molar-refractivity contribution is 6.31. The van der Waals surface area contributed by atoms with Crippen LogP contribution >= 0.6 is 11.6 Å². The van der Waals surface area contributed by atoms with Gasteiger partial charge in [0.05, 0.1) is 12.6 Å². The molecule has 0 spiro atoms. The third-order valence-electron chi connectivity index (χ3n) is 4.64. The van der Waals surface area contributed by atoms with E-state index in [2.05, 4.69) is 0 Å². The molecule has 0 radical (unpaired) electrons. The Hall–Kier alpha value is -2.45. The van der Waals surface area contributed by atoms with E-state index in [-0.39, 0.29) is 17.0 Å². The van der Waals surface area contributed by atoms with E-state index < -0.39 is 24.0 Å². The second kappa shape index (κ2) is 7.52. The normalized spacial score (nSPS) is 14.2. The molecule has 0 aliphatic carbocycles. The van der Waals surface area contributed by atoms with Crippen molar-refractivity contribution in [3.63, 3.8) is 0 Å². The summed E-state index contributed by atoms with van der Waals surface area (Å²) in [6.45, 7) is 0. The van der Waals surface area contributed by atoms with Crippen molar-refractivity contribution in [3.8, 4) is 5.75 Å². The lowest BCUT2D eigenvalue weighted by Gasteiger charge is -2.26. The molecule has 0 saturated carbocycles. The van der Waals surface area contributed by atoms with Gasteiger partial charge in [0.25, 0.3) is 0 Å². The average Bonchev–Trinajstić information content (AvgIpc) is 2.92.